The van der Waals surface area contributed by atoms with E-state index in [-0.39, 0.29) is 17.6 Å². The van der Waals surface area contributed by atoms with E-state index in [0.717, 1.165) is 17.5 Å². The van der Waals surface area contributed by atoms with Crippen molar-refractivity contribution in [2.45, 2.75) is 26.8 Å². The van der Waals surface area contributed by atoms with Crippen molar-refractivity contribution in [2.75, 3.05) is 11.4 Å². The Morgan fingerprint density at radius 2 is 1.74 bits per heavy atom. The first-order valence-electron chi connectivity index (χ1n) is 11.3. The molecule has 6 heteroatoms. The maximum Gasteiger partial charge on any atom is 0.294 e. The van der Waals surface area contributed by atoms with Gasteiger partial charge in [0.1, 0.15) is 0 Å². The Balaban J connectivity index is 1.54. The maximum atomic E-state index is 13.4. The summed E-state index contributed by atoms with van der Waals surface area (Å²) in [7, 11) is 0. The summed E-state index contributed by atoms with van der Waals surface area (Å²) in [4.78, 5) is 27.4. The lowest BCUT2D eigenvalue weighted by Crippen LogP contribution is -2.36. The molecule has 4 rings (SSSR count). The molecule has 1 aliphatic heterocycles. The van der Waals surface area contributed by atoms with E-state index in [1.165, 1.54) is 0 Å². The smallest absolute Gasteiger partial charge is 0.294 e. The lowest BCUT2D eigenvalue weighted by atomic mass is 10.1. The van der Waals surface area contributed by atoms with Crippen molar-refractivity contribution in [2.24, 2.45) is 5.92 Å². The van der Waals surface area contributed by atoms with Crippen LogP contribution in [-0.4, -0.2) is 18.4 Å². The van der Waals surface area contributed by atoms with Crippen molar-refractivity contribution in [3.05, 3.63) is 100 Å². The minimum atomic E-state index is -0.232. The molecule has 0 aliphatic carbocycles. The number of nitrogens with one attached hydrogen (secondary N) is 1. The Hall–Kier alpha value is -3.57. The average molecular weight is 475 g/mol. The zero-order valence-corrected chi connectivity index (χ0v) is 20.0. The number of nitrogens with zero attached hydrogens (tertiary/aromatic N) is 1. The summed E-state index contributed by atoms with van der Waals surface area (Å²) in [6, 6.07) is 22.0. The highest BCUT2D eigenvalue weighted by molar-refractivity contribution is 6.30. The lowest BCUT2D eigenvalue weighted by molar-refractivity contribution is -0.117. The van der Waals surface area contributed by atoms with E-state index in [1.807, 2.05) is 60.7 Å². The number of anilines is 1. The minimum Gasteiger partial charge on any atom is -0.449 e. The standard InChI is InChI=1S/C28H27ClN2O3/c1-19(2)15-16-30-27(32)22-11-7-20(8-12-22)17-26-28(33)31(18-21-9-13-23(29)14-10-21)24-5-3-4-6-25(24)34-26/h3-14,17,19H,15-16,18H2,1-2H3,(H,30,32)/b26-17-. The molecule has 0 bridgehead atoms. The number of hydrogen-bond acceptors (Lipinski definition) is 3. The van der Waals surface area contributed by atoms with Gasteiger partial charge in [0.2, 0.25) is 0 Å². The number of amides is 2. The molecule has 3 aromatic rings. The van der Waals surface area contributed by atoms with Gasteiger partial charge in [0, 0.05) is 17.1 Å². The number of para-hydroxylation sites is 2. The molecule has 0 unspecified atom stereocenters. The first kappa shape index (κ1) is 23.6. The van der Waals surface area contributed by atoms with Crippen molar-refractivity contribution >= 4 is 35.2 Å². The summed E-state index contributed by atoms with van der Waals surface area (Å²) < 4.78 is 5.96. The van der Waals surface area contributed by atoms with E-state index >= 15 is 0 Å². The van der Waals surface area contributed by atoms with Crippen LogP contribution in [0, 0.1) is 5.92 Å². The highest BCUT2D eigenvalue weighted by atomic mass is 35.5. The van der Waals surface area contributed by atoms with E-state index in [9.17, 15) is 9.59 Å². The molecule has 0 saturated heterocycles. The Kier molecular flexibility index (Phi) is 7.33. The second-order valence-corrected chi connectivity index (χ2v) is 9.09. The molecular formula is C28H27ClN2O3. The maximum absolute atomic E-state index is 13.4. The van der Waals surface area contributed by atoms with Gasteiger partial charge < -0.3 is 10.1 Å². The number of carbonyl (C=O) groups excluding carboxylic acids is 2. The highest BCUT2D eigenvalue weighted by Crippen LogP contribution is 2.36. The van der Waals surface area contributed by atoms with Crippen molar-refractivity contribution in [1.82, 2.24) is 5.32 Å². The molecule has 3 aromatic carbocycles. The molecule has 1 aliphatic rings. The topological polar surface area (TPSA) is 58.6 Å². The molecule has 0 radical (unpaired) electrons. The third kappa shape index (κ3) is 5.67. The van der Waals surface area contributed by atoms with Gasteiger partial charge in [-0.3, -0.25) is 14.5 Å². The molecule has 174 valence electrons. The first-order chi connectivity index (χ1) is 16.4. The van der Waals surface area contributed by atoms with Gasteiger partial charge in [-0.1, -0.05) is 61.8 Å². The third-order valence-corrected chi connectivity index (χ3v) is 5.82. The number of rotatable bonds is 7. The summed E-state index contributed by atoms with van der Waals surface area (Å²) >= 11 is 6.01. The number of benzene rings is 3. The Morgan fingerprint density at radius 1 is 1.03 bits per heavy atom. The van der Waals surface area contributed by atoms with Gasteiger partial charge in [0.15, 0.2) is 11.5 Å². The van der Waals surface area contributed by atoms with Crippen LogP contribution >= 0.6 is 11.6 Å². The molecule has 0 saturated carbocycles. The Labute approximate surface area is 205 Å². The molecular weight excluding hydrogens is 448 g/mol. The van der Waals surface area contributed by atoms with Crippen LogP contribution in [0.2, 0.25) is 5.02 Å². The van der Waals surface area contributed by atoms with Crippen molar-refractivity contribution in [3.63, 3.8) is 0 Å². The van der Waals surface area contributed by atoms with E-state index < -0.39 is 0 Å². The normalized spacial score (nSPS) is 14.2. The summed E-state index contributed by atoms with van der Waals surface area (Å²) in [6.45, 7) is 5.28. The van der Waals surface area contributed by atoms with E-state index in [4.69, 9.17) is 16.3 Å². The highest BCUT2D eigenvalue weighted by Gasteiger charge is 2.30. The Bertz CT molecular complexity index is 1200. The van der Waals surface area contributed by atoms with Crippen LogP contribution in [0.1, 0.15) is 41.8 Å². The van der Waals surface area contributed by atoms with E-state index in [0.29, 0.717) is 41.0 Å². The summed E-state index contributed by atoms with van der Waals surface area (Å²) in [5.74, 6) is 1.04. The van der Waals surface area contributed by atoms with Gasteiger partial charge in [0.25, 0.3) is 11.8 Å². The quantitative estimate of drug-likeness (QED) is 0.422. The van der Waals surface area contributed by atoms with Crippen LogP contribution in [0.15, 0.2) is 78.6 Å². The molecule has 0 aromatic heterocycles. The van der Waals surface area contributed by atoms with Crippen LogP contribution in [0.3, 0.4) is 0 Å². The zero-order valence-electron chi connectivity index (χ0n) is 19.3. The van der Waals surface area contributed by atoms with Crippen LogP contribution in [0.25, 0.3) is 6.08 Å². The fourth-order valence-electron chi connectivity index (χ4n) is 3.65. The fourth-order valence-corrected chi connectivity index (χ4v) is 3.78. The van der Waals surface area contributed by atoms with Crippen LogP contribution in [0.4, 0.5) is 5.69 Å². The van der Waals surface area contributed by atoms with Crippen LogP contribution in [0.5, 0.6) is 5.75 Å². The molecule has 0 fully saturated rings. The summed E-state index contributed by atoms with van der Waals surface area (Å²) in [5, 5.41) is 3.58. The Morgan fingerprint density at radius 3 is 2.44 bits per heavy atom. The molecule has 1 N–H and O–H groups in total. The van der Waals surface area contributed by atoms with Crippen LogP contribution in [-0.2, 0) is 11.3 Å². The summed E-state index contributed by atoms with van der Waals surface area (Å²) in [6.07, 6.45) is 2.64. The van der Waals surface area contributed by atoms with Gasteiger partial charge in [-0.25, -0.2) is 0 Å². The first-order valence-corrected chi connectivity index (χ1v) is 11.7. The second-order valence-electron chi connectivity index (χ2n) is 8.66. The monoisotopic (exact) mass is 474 g/mol. The van der Waals surface area contributed by atoms with Gasteiger partial charge in [-0.15, -0.1) is 0 Å². The molecule has 5 nitrogen and oxygen atoms in total. The average Bonchev–Trinajstić information content (AvgIpc) is 2.83. The fraction of sp³-hybridized carbons (Fsp3) is 0.214. The largest absolute Gasteiger partial charge is 0.449 e. The third-order valence-electron chi connectivity index (χ3n) is 5.56. The van der Waals surface area contributed by atoms with Crippen molar-refractivity contribution < 1.29 is 14.3 Å². The molecule has 2 amide bonds. The predicted octanol–water partition coefficient (Wildman–Crippen LogP) is 6.08. The number of fused-ring (bicyclic) bond motifs is 1. The zero-order chi connectivity index (χ0) is 24.1. The number of halogens is 1. The van der Waals surface area contributed by atoms with Gasteiger partial charge in [-0.2, -0.15) is 0 Å². The molecule has 34 heavy (non-hydrogen) atoms. The van der Waals surface area contributed by atoms with Crippen molar-refractivity contribution in [1.29, 1.82) is 0 Å². The van der Waals surface area contributed by atoms with Crippen LogP contribution < -0.4 is 15.0 Å². The van der Waals surface area contributed by atoms with E-state index in [1.54, 1.807) is 23.1 Å². The lowest BCUT2D eigenvalue weighted by Gasteiger charge is -2.30. The molecule has 0 spiro atoms. The molecule has 1 heterocycles. The predicted molar refractivity (Wildman–Crippen MR) is 136 cm³/mol. The van der Waals surface area contributed by atoms with Gasteiger partial charge >= 0.3 is 0 Å². The van der Waals surface area contributed by atoms with Gasteiger partial charge in [0.05, 0.1) is 12.2 Å². The summed E-state index contributed by atoms with van der Waals surface area (Å²) in [5.41, 5.74) is 3.03. The number of ether oxygens (including phenoxy) is 1. The van der Waals surface area contributed by atoms with E-state index in [2.05, 4.69) is 19.2 Å². The SMILES string of the molecule is CC(C)CCNC(=O)c1ccc(/C=C2\Oc3ccccc3N(Cc3ccc(Cl)cc3)C2=O)cc1. The van der Waals surface area contributed by atoms with Crippen molar-refractivity contribution in [3.8, 4) is 5.75 Å². The second kappa shape index (κ2) is 10.6. The number of hydrogen-bond donors (Lipinski definition) is 1. The van der Waals surface area contributed by atoms with Gasteiger partial charge in [-0.05, 0) is 65.9 Å². The number of carbonyl (C=O) groups is 2. The molecule has 0 atom stereocenters. The minimum absolute atomic E-state index is 0.104.